The van der Waals surface area contributed by atoms with Crippen LogP contribution in [0.15, 0.2) is 35.3 Å². The molecule has 2 aliphatic heterocycles. The minimum absolute atomic E-state index is 0. The summed E-state index contributed by atoms with van der Waals surface area (Å²) in [5, 5.41) is 6.52. The second kappa shape index (κ2) is 9.77. The van der Waals surface area contributed by atoms with Gasteiger partial charge in [0.1, 0.15) is 0 Å². The van der Waals surface area contributed by atoms with Crippen LogP contribution >= 0.6 is 24.0 Å². The van der Waals surface area contributed by atoms with Crippen molar-refractivity contribution < 1.29 is 8.42 Å². The van der Waals surface area contributed by atoms with Crippen molar-refractivity contribution in [3.63, 3.8) is 0 Å². The van der Waals surface area contributed by atoms with Crippen molar-refractivity contribution in [1.82, 2.24) is 10.6 Å². The highest BCUT2D eigenvalue weighted by atomic mass is 127. The lowest BCUT2D eigenvalue weighted by Crippen LogP contribution is -2.44. The van der Waals surface area contributed by atoms with Crippen molar-refractivity contribution in [2.75, 3.05) is 42.6 Å². The van der Waals surface area contributed by atoms with Gasteiger partial charge in [-0.05, 0) is 37.8 Å². The lowest BCUT2D eigenvalue weighted by Gasteiger charge is -2.19. The predicted molar refractivity (Wildman–Crippen MR) is 118 cm³/mol. The van der Waals surface area contributed by atoms with E-state index in [9.17, 15) is 8.42 Å². The smallest absolute Gasteiger partial charge is 0.191 e. The Morgan fingerprint density at radius 1 is 1.27 bits per heavy atom. The Labute approximate surface area is 173 Å². The Morgan fingerprint density at radius 2 is 2.04 bits per heavy atom. The maximum absolute atomic E-state index is 11.6. The molecule has 0 bridgehead atoms. The molecule has 2 saturated heterocycles. The van der Waals surface area contributed by atoms with Gasteiger partial charge in [-0.1, -0.05) is 18.2 Å². The average molecular weight is 492 g/mol. The first-order valence-corrected chi connectivity index (χ1v) is 10.9. The SMILES string of the molecule is CCNC(=NCC1CCN(c2ccccc2)C1)NC1CCS(=O)(=O)C1.I. The summed E-state index contributed by atoms with van der Waals surface area (Å²) in [6, 6.07) is 10.5. The number of nitrogens with one attached hydrogen (secondary N) is 2. The predicted octanol–water partition coefficient (Wildman–Crippen LogP) is 1.87. The standard InChI is InChI=1S/C18H28N4O2S.HI/c1-2-19-18(21-16-9-11-25(23,24)14-16)20-12-15-8-10-22(13-15)17-6-4-3-5-7-17;/h3-7,15-16H,2,8-14H2,1H3,(H2,19,20,21);1H. The van der Waals surface area contributed by atoms with E-state index in [4.69, 9.17) is 4.99 Å². The van der Waals surface area contributed by atoms with Crippen LogP contribution in [0.1, 0.15) is 19.8 Å². The second-order valence-electron chi connectivity index (χ2n) is 6.90. The van der Waals surface area contributed by atoms with Crippen molar-refractivity contribution in [1.29, 1.82) is 0 Å². The monoisotopic (exact) mass is 492 g/mol. The summed E-state index contributed by atoms with van der Waals surface area (Å²) in [6.07, 6.45) is 1.80. The quantitative estimate of drug-likeness (QED) is 0.373. The molecule has 2 heterocycles. The number of aliphatic imine (C=N–C) groups is 1. The first-order chi connectivity index (χ1) is 12.1. The van der Waals surface area contributed by atoms with E-state index in [0.717, 1.165) is 38.6 Å². The van der Waals surface area contributed by atoms with Crippen molar-refractivity contribution in [2.24, 2.45) is 10.9 Å². The van der Waals surface area contributed by atoms with Crippen LogP contribution in [0.5, 0.6) is 0 Å². The topological polar surface area (TPSA) is 73.8 Å². The van der Waals surface area contributed by atoms with E-state index >= 15 is 0 Å². The van der Waals surface area contributed by atoms with E-state index in [0.29, 0.717) is 12.3 Å². The third kappa shape index (κ3) is 6.00. The Hall–Kier alpha value is -1.03. The Kier molecular flexibility index (Phi) is 8.00. The van der Waals surface area contributed by atoms with E-state index in [2.05, 4.69) is 39.8 Å². The molecule has 0 aliphatic carbocycles. The number of halogens is 1. The molecule has 6 nitrogen and oxygen atoms in total. The highest BCUT2D eigenvalue weighted by Crippen LogP contribution is 2.23. The van der Waals surface area contributed by atoms with Gasteiger partial charge in [-0.15, -0.1) is 24.0 Å². The molecule has 2 N–H and O–H groups in total. The fourth-order valence-electron chi connectivity index (χ4n) is 3.50. The van der Waals surface area contributed by atoms with Crippen molar-refractivity contribution in [3.8, 4) is 0 Å². The molecular formula is C18H29IN4O2S. The van der Waals surface area contributed by atoms with Crippen LogP contribution in [-0.2, 0) is 9.84 Å². The molecule has 0 spiro atoms. The lowest BCUT2D eigenvalue weighted by molar-refractivity contribution is 0.590. The summed E-state index contributed by atoms with van der Waals surface area (Å²) in [6.45, 7) is 5.64. The van der Waals surface area contributed by atoms with E-state index in [1.165, 1.54) is 5.69 Å². The summed E-state index contributed by atoms with van der Waals surface area (Å²) in [7, 11) is -2.88. The Balaban J connectivity index is 0.00000243. The van der Waals surface area contributed by atoms with Gasteiger partial charge in [0.05, 0.1) is 11.5 Å². The molecule has 1 aromatic rings. The molecule has 2 atom stereocenters. The number of sulfone groups is 1. The van der Waals surface area contributed by atoms with Gasteiger partial charge >= 0.3 is 0 Å². The minimum atomic E-state index is -2.88. The maximum Gasteiger partial charge on any atom is 0.191 e. The van der Waals surface area contributed by atoms with Gasteiger partial charge in [0.2, 0.25) is 0 Å². The van der Waals surface area contributed by atoms with Gasteiger partial charge in [0.15, 0.2) is 15.8 Å². The van der Waals surface area contributed by atoms with Gasteiger partial charge < -0.3 is 15.5 Å². The van der Waals surface area contributed by atoms with E-state index in [1.807, 2.05) is 13.0 Å². The van der Waals surface area contributed by atoms with E-state index < -0.39 is 9.84 Å². The number of rotatable bonds is 5. The first-order valence-electron chi connectivity index (χ1n) is 9.11. The van der Waals surface area contributed by atoms with Crippen molar-refractivity contribution in [3.05, 3.63) is 30.3 Å². The van der Waals surface area contributed by atoms with Crippen LogP contribution in [-0.4, -0.2) is 58.1 Å². The Morgan fingerprint density at radius 3 is 2.69 bits per heavy atom. The minimum Gasteiger partial charge on any atom is -0.371 e. The summed E-state index contributed by atoms with van der Waals surface area (Å²) in [4.78, 5) is 7.11. The van der Waals surface area contributed by atoms with Gasteiger partial charge in [0.25, 0.3) is 0 Å². The highest BCUT2D eigenvalue weighted by Gasteiger charge is 2.28. The summed E-state index contributed by atoms with van der Waals surface area (Å²) < 4.78 is 23.2. The van der Waals surface area contributed by atoms with Crippen LogP contribution in [0, 0.1) is 5.92 Å². The molecule has 3 rings (SSSR count). The number of para-hydroxylation sites is 1. The van der Waals surface area contributed by atoms with Gasteiger partial charge in [-0.3, -0.25) is 4.99 Å². The number of hydrogen-bond donors (Lipinski definition) is 2. The van der Waals surface area contributed by atoms with Crippen molar-refractivity contribution in [2.45, 2.75) is 25.8 Å². The lowest BCUT2D eigenvalue weighted by atomic mass is 10.1. The zero-order chi connectivity index (χ0) is 17.7. The Bertz CT molecular complexity index is 696. The number of anilines is 1. The molecule has 26 heavy (non-hydrogen) atoms. The molecule has 1 aromatic carbocycles. The van der Waals surface area contributed by atoms with Crippen LogP contribution in [0.25, 0.3) is 0 Å². The third-order valence-corrected chi connectivity index (χ3v) is 6.60. The number of nitrogens with zero attached hydrogens (tertiary/aromatic N) is 2. The molecular weight excluding hydrogens is 463 g/mol. The molecule has 0 aromatic heterocycles. The highest BCUT2D eigenvalue weighted by molar-refractivity contribution is 14.0. The zero-order valence-corrected chi connectivity index (χ0v) is 18.4. The van der Waals surface area contributed by atoms with E-state index in [-0.39, 0.29) is 41.5 Å². The van der Waals surface area contributed by atoms with Crippen LogP contribution in [0.2, 0.25) is 0 Å². The molecule has 2 aliphatic rings. The third-order valence-electron chi connectivity index (χ3n) is 4.83. The fourth-order valence-corrected chi connectivity index (χ4v) is 5.17. The second-order valence-corrected chi connectivity index (χ2v) is 9.13. The molecule has 0 amide bonds. The van der Waals surface area contributed by atoms with Crippen LogP contribution in [0.3, 0.4) is 0 Å². The van der Waals surface area contributed by atoms with Gasteiger partial charge in [-0.2, -0.15) is 0 Å². The fraction of sp³-hybridized carbons (Fsp3) is 0.611. The first kappa shape index (κ1) is 21.3. The van der Waals surface area contributed by atoms with Crippen LogP contribution in [0.4, 0.5) is 5.69 Å². The summed E-state index contributed by atoms with van der Waals surface area (Å²) in [5.41, 5.74) is 1.27. The average Bonchev–Trinajstić information content (AvgIpc) is 3.20. The molecule has 146 valence electrons. The molecule has 0 radical (unpaired) electrons. The maximum atomic E-state index is 11.6. The molecule has 8 heteroatoms. The number of benzene rings is 1. The van der Waals surface area contributed by atoms with Crippen molar-refractivity contribution >= 4 is 45.5 Å². The number of guanidine groups is 1. The van der Waals surface area contributed by atoms with Gasteiger partial charge in [0, 0.05) is 37.9 Å². The normalized spacial score (nSPS) is 25.0. The largest absolute Gasteiger partial charge is 0.371 e. The molecule has 2 unspecified atom stereocenters. The van der Waals surface area contributed by atoms with E-state index in [1.54, 1.807) is 0 Å². The molecule has 0 saturated carbocycles. The molecule has 2 fully saturated rings. The van der Waals surface area contributed by atoms with Gasteiger partial charge in [-0.25, -0.2) is 8.42 Å². The summed E-state index contributed by atoms with van der Waals surface area (Å²) in [5.74, 6) is 1.76. The number of hydrogen-bond acceptors (Lipinski definition) is 4. The summed E-state index contributed by atoms with van der Waals surface area (Å²) >= 11 is 0. The van der Waals surface area contributed by atoms with Crippen LogP contribution < -0.4 is 15.5 Å². The zero-order valence-electron chi connectivity index (χ0n) is 15.2.